The van der Waals surface area contributed by atoms with Crippen LogP contribution >= 0.6 is 0 Å². The van der Waals surface area contributed by atoms with Gasteiger partial charge in [0.05, 0.1) is 5.56 Å². The molecule has 1 saturated heterocycles. The molecule has 108 valence electrons. The van der Waals surface area contributed by atoms with Crippen molar-refractivity contribution in [2.24, 2.45) is 0 Å². The summed E-state index contributed by atoms with van der Waals surface area (Å²) in [6.45, 7) is 1.85. The summed E-state index contributed by atoms with van der Waals surface area (Å²) >= 11 is 0. The van der Waals surface area contributed by atoms with E-state index in [2.05, 4.69) is 25.6 Å². The summed E-state index contributed by atoms with van der Waals surface area (Å²) in [6.07, 6.45) is 8.60. The second-order valence-corrected chi connectivity index (χ2v) is 5.05. The minimum Gasteiger partial charge on any atom is -0.348 e. The second kappa shape index (κ2) is 6.41. The van der Waals surface area contributed by atoms with Crippen molar-refractivity contribution >= 4 is 5.91 Å². The van der Waals surface area contributed by atoms with Gasteiger partial charge in [-0.05, 0) is 31.5 Å². The molecular formula is C15H17N5O. The van der Waals surface area contributed by atoms with Crippen molar-refractivity contribution in [2.75, 3.05) is 13.1 Å². The number of nitrogens with one attached hydrogen (secondary N) is 2. The molecular weight excluding hydrogens is 266 g/mol. The quantitative estimate of drug-likeness (QED) is 0.879. The lowest BCUT2D eigenvalue weighted by Crippen LogP contribution is -2.45. The van der Waals surface area contributed by atoms with Crippen molar-refractivity contribution in [3.8, 4) is 11.4 Å². The number of pyridine rings is 1. The molecule has 0 radical (unpaired) electrons. The Balaban J connectivity index is 1.67. The molecule has 3 rings (SSSR count). The van der Waals surface area contributed by atoms with Gasteiger partial charge in [-0.15, -0.1) is 0 Å². The van der Waals surface area contributed by atoms with Gasteiger partial charge in [-0.1, -0.05) is 0 Å². The minimum atomic E-state index is -0.120. The molecule has 0 aromatic carbocycles. The van der Waals surface area contributed by atoms with Crippen LogP contribution in [-0.2, 0) is 0 Å². The first-order chi connectivity index (χ1) is 10.3. The third kappa shape index (κ3) is 3.41. The van der Waals surface area contributed by atoms with Gasteiger partial charge >= 0.3 is 0 Å². The Kier molecular flexibility index (Phi) is 4.16. The molecule has 2 N–H and O–H groups in total. The molecule has 1 fully saturated rings. The molecule has 0 saturated carbocycles. The van der Waals surface area contributed by atoms with E-state index in [0.717, 1.165) is 31.5 Å². The Morgan fingerprint density at radius 2 is 2.00 bits per heavy atom. The van der Waals surface area contributed by atoms with Crippen molar-refractivity contribution in [3.05, 3.63) is 42.5 Å². The van der Waals surface area contributed by atoms with Crippen molar-refractivity contribution in [2.45, 2.75) is 18.9 Å². The first-order valence-electron chi connectivity index (χ1n) is 7.07. The van der Waals surface area contributed by atoms with E-state index in [-0.39, 0.29) is 11.9 Å². The van der Waals surface area contributed by atoms with Gasteiger partial charge in [-0.2, -0.15) is 0 Å². The van der Waals surface area contributed by atoms with Gasteiger partial charge in [0.1, 0.15) is 0 Å². The standard InChI is InChI=1S/C15H17N5O/c21-15(20-13-2-1-5-17-10-13)12-8-18-14(19-9-12)11-3-6-16-7-4-11/h3-4,6-9,13,17H,1-2,5,10H2,(H,20,21)/t13-/m1/s1. The van der Waals surface area contributed by atoms with E-state index in [1.54, 1.807) is 24.8 Å². The maximum atomic E-state index is 12.1. The maximum absolute atomic E-state index is 12.1. The lowest BCUT2D eigenvalue weighted by molar-refractivity contribution is 0.0930. The van der Waals surface area contributed by atoms with Crippen LogP contribution in [0.25, 0.3) is 11.4 Å². The molecule has 3 heterocycles. The van der Waals surface area contributed by atoms with Gasteiger partial charge in [-0.25, -0.2) is 9.97 Å². The van der Waals surface area contributed by atoms with Gasteiger partial charge in [0.15, 0.2) is 5.82 Å². The Labute approximate surface area is 123 Å². The Bertz CT molecular complexity index is 593. The highest BCUT2D eigenvalue weighted by Gasteiger charge is 2.16. The van der Waals surface area contributed by atoms with Crippen LogP contribution < -0.4 is 10.6 Å². The topological polar surface area (TPSA) is 79.8 Å². The molecule has 1 amide bonds. The van der Waals surface area contributed by atoms with Crippen LogP contribution in [0.2, 0.25) is 0 Å². The van der Waals surface area contributed by atoms with E-state index in [0.29, 0.717) is 11.4 Å². The second-order valence-electron chi connectivity index (χ2n) is 5.05. The van der Waals surface area contributed by atoms with Crippen LogP contribution in [0.5, 0.6) is 0 Å². The number of nitrogens with zero attached hydrogens (tertiary/aromatic N) is 3. The largest absolute Gasteiger partial charge is 0.348 e. The summed E-state index contributed by atoms with van der Waals surface area (Å²) in [4.78, 5) is 24.6. The van der Waals surface area contributed by atoms with E-state index in [1.807, 2.05) is 12.1 Å². The molecule has 1 aliphatic heterocycles. The number of amides is 1. The van der Waals surface area contributed by atoms with Crippen molar-refractivity contribution in [3.63, 3.8) is 0 Å². The van der Waals surface area contributed by atoms with Crippen LogP contribution in [0.15, 0.2) is 36.9 Å². The zero-order valence-corrected chi connectivity index (χ0v) is 11.6. The summed E-state index contributed by atoms with van der Waals surface area (Å²) in [5, 5.41) is 6.27. The maximum Gasteiger partial charge on any atom is 0.254 e. The predicted octanol–water partition coefficient (Wildman–Crippen LogP) is 1.02. The smallest absolute Gasteiger partial charge is 0.254 e. The number of piperidine rings is 1. The molecule has 2 aromatic rings. The zero-order chi connectivity index (χ0) is 14.5. The van der Waals surface area contributed by atoms with Gasteiger partial charge in [0.2, 0.25) is 0 Å². The Morgan fingerprint density at radius 1 is 1.24 bits per heavy atom. The van der Waals surface area contributed by atoms with Crippen LogP contribution in [0.4, 0.5) is 0 Å². The lowest BCUT2D eigenvalue weighted by atomic mass is 10.1. The number of rotatable bonds is 3. The van der Waals surface area contributed by atoms with Crippen LogP contribution in [0.3, 0.4) is 0 Å². The van der Waals surface area contributed by atoms with E-state index < -0.39 is 0 Å². The molecule has 2 aromatic heterocycles. The highest BCUT2D eigenvalue weighted by atomic mass is 16.1. The van der Waals surface area contributed by atoms with Crippen molar-refractivity contribution < 1.29 is 4.79 Å². The minimum absolute atomic E-state index is 0.120. The van der Waals surface area contributed by atoms with Crippen molar-refractivity contribution in [1.29, 1.82) is 0 Å². The molecule has 0 aliphatic carbocycles. The number of hydrogen-bond donors (Lipinski definition) is 2. The zero-order valence-electron chi connectivity index (χ0n) is 11.6. The highest BCUT2D eigenvalue weighted by molar-refractivity contribution is 5.93. The van der Waals surface area contributed by atoms with E-state index in [9.17, 15) is 4.79 Å². The summed E-state index contributed by atoms with van der Waals surface area (Å²) in [6, 6.07) is 3.86. The number of hydrogen-bond acceptors (Lipinski definition) is 5. The fourth-order valence-electron chi connectivity index (χ4n) is 2.34. The molecule has 21 heavy (non-hydrogen) atoms. The molecule has 1 aliphatic rings. The van der Waals surface area contributed by atoms with E-state index in [1.165, 1.54) is 0 Å². The number of carbonyl (C=O) groups excluding carboxylic acids is 1. The average molecular weight is 283 g/mol. The molecule has 6 heteroatoms. The lowest BCUT2D eigenvalue weighted by Gasteiger charge is -2.23. The third-order valence-electron chi connectivity index (χ3n) is 3.48. The Morgan fingerprint density at radius 3 is 2.67 bits per heavy atom. The normalized spacial score (nSPS) is 18.2. The van der Waals surface area contributed by atoms with E-state index >= 15 is 0 Å². The van der Waals surface area contributed by atoms with Crippen LogP contribution in [-0.4, -0.2) is 40.0 Å². The van der Waals surface area contributed by atoms with Crippen LogP contribution in [0.1, 0.15) is 23.2 Å². The third-order valence-corrected chi connectivity index (χ3v) is 3.48. The molecule has 0 unspecified atom stereocenters. The highest BCUT2D eigenvalue weighted by Crippen LogP contribution is 2.12. The van der Waals surface area contributed by atoms with Crippen molar-refractivity contribution in [1.82, 2.24) is 25.6 Å². The van der Waals surface area contributed by atoms with E-state index in [4.69, 9.17) is 0 Å². The summed E-state index contributed by atoms with van der Waals surface area (Å²) in [7, 11) is 0. The van der Waals surface area contributed by atoms with Gasteiger partial charge in [0, 0.05) is 42.9 Å². The number of carbonyl (C=O) groups is 1. The summed E-state index contributed by atoms with van der Waals surface area (Å²) < 4.78 is 0. The van der Waals surface area contributed by atoms with Gasteiger partial charge in [0.25, 0.3) is 5.91 Å². The van der Waals surface area contributed by atoms with Crippen LogP contribution in [0, 0.1) is 0 Å². The van der Waals surface area contributed by atoms with Gasteiger partial charge < -0.3 is 10.6 Å². The SMILES string of the molecule is O=C(N[C@@H]1CCCNC1)c1cnc(-c2ccncc2)nc1. The summed E-state index contributed by atoms with van der Waals surface area (Å²) in [5.41, 5.74) is 1.37. The predicted molar refractivity (Wildman–Crippen MR) is 78.6 cm³/mol. The summed E-state index contributed by atoms with van der Waals surface area (Å²) in [5.74, 6) is 0.471. The average Bonchev–Trinajstić information content (AvgIpc) is 2.57. The molecule has 0 spiro atoms. The molecule has 1 atom stereocenters. The molecule has 6 nitrogen and oxygen atoms in total. The fraction of sp³-hybridized carbons (Fsp3) is 0.333. The first kappa shape index (κ1) is 13.6. The van der Waals surface area contributed by atoms with Gasteiger partial charge in [-0.3, -0.25) is 9.78 Å². The first-order valence-corrected chi connectivity index (χ1v) is 7.07. The molecule has 0 bridgehead atoms. The fourth-order valence-corrected chi connectivity index (χ4v) is 2.34. The number of aromatic nitrogens is 3. The Hall–Kier alpha value is -2.34. The monoisotopic (exact) mass is 283 g/mol.